The Kier molecular flexibility index (Phi) is 84.1. The predicted octanol–water partition coefficient (Wildman–Crippen LogP) is 15.5. The Morgan fingerprint density at radius 1 is 0.314 bits per heavy atom. The molecule has 4 N–H and O–H groups in total. The topological polar surface area (TPSA) is 278 Å². The molecule has 0 fully saturated rings. The van der Waals surface area contributed by atoms with E-state index < -0.39 is 59.2 Å². The van der Waals surface area contributed by atoms with Crippen molar-refractivity contribution in [3.05, 3.63) is 0 Å². The first-order valence-electron chi connectivity index (χ1n) is 42.9. The van der Waals surface area contributed by atoms with E-state index in [9.17, 15) is 43.3 Å². The minimum absolute atomic E-state index is 0. The van der Waals surface area contributed by atoms with Crippen LogP contribution in [0, 0.1) is 0 Å². The van der Waals surface area contributed by atoms with Crippen molar-refractivity contribution in [2.45, 2.75) is 451 Å². The van der Waals surface area contributed by atoms with E-state index in [-0.39, 0.29) is 135 Å². The fourth-order valence-corrected chi connectivity index (χ4v) is 14.6. The Labute approximate surface area is 686 Å². The van der Waals surface area contributed by atoms with Crippen LogP contribution in [0.5, 0.6) is 0 Å². The number of phosphoric acid groups is 2. The fourth-order valence-electron chi connectivity index (χ4n) is 13.1. The summed E-state index contributed by atoms with van der Waals surface area (Å²) < 4.78 is 64.2. The average molecular weight is 1550 g/mol. The summed E-state index contributed by atoms with van der Waals surface area (Å²) in [6.45, 7) is 11.1. The van der Waals surface area contributed by atoms with Gasteiger partial charge in [-0.2, -0.15) is 0 Å². The maximum atomic E-state index is 13.7. The Bertz CT molecular complexity index is 2060. The fraction of sp³-hybridized carbons (Fsp3) is 0.938. The molecule has 0 spiro atoms. The van der Waals surface area contributed by atoms with E-state index in [0.717, 1.165) is 135 Å². The van der Waals surface area contributed by atoms with Gasteiger partial charge in [-0.1, -0.05) is 337 Å². The number of carbonyl (C=O) groups is 5. The molecule has 610 valence electrons. The Balaban J connectivity index is -0.0000520. The van der Waals surface area contributed by atoms with Gasteiger partial charge < -0.3 is 54.6 Å². The summed E-state index contributed by atoms with van der Waals surface area (Å²) in [4.78, 5) is 80.2. The summed E-state index contributed by atoms with van der Waals surface area (Å²) in [6.07, 6.45) is 58.0. The smallest absolute Gasteiger partial charge is 0.756 e. The molecule has 24 heteroatoms. The zero-order chi connectivity index (χ0) is 75.6. The molecule has 0 aliphatic heterocycles. The van der Waals surface area contributed by atoms with Gasteiger partial charge >= 0.3 is 84.9 Å². The van der Waals surface area contributed by atoms with Crippen LogP contribution in [0.15, 0.2) is 0 Å². The summed E-state index contributed by atoms with van der Waals surface area (Å²) in [7, 11) is -9.65. The first-order valence-corrected chi connectivity index (χ1v) is 45.8. The summed E-state index contributed by atoms with van der Waals surface area (Å²) in [5.74, 6) is -1.04. The molecule has 0 bridgehead atoms. The van der Waals surface area contributed by atoms with Crippen molar-refractivity contribution < 1.29 is 135 Å². The molecule has 0 aromatic heterocycles. The van der Waals surface area contributed by atoms with Crippen molar-refractivity contribution in [2.75, 3.05) is 39.5 Å². The van der Waals surface area contributed by atoms with Crippen molar-refractivity contribution in [1.29, 1.82) is 0 Å². The van der Waals surface area contributed by atoms with Gasteiger partial charge in [-0.3, -0.25) is 32.8 Å². The SMILES string of the molecule is CCCCCCCCCCCCC(=O)NC(CCOP(=O)([O-])OCCNC(=O)NCCOP(=O)(O[O-])OCCC(NC(=O)CCCCCCCCCCCC)C(CCCCCCCCCC)OC(=O)CCCCCCCCCC)C(CCCCCCCCCC)OC(=O)CCCCCCCCCC.[Na+].[Na+]. The molecular formula is C81H158N4Na2O16P2. The number of hydrogen-bond acceptors (Lipinski definition) is 16. The van der Waals surface area contributed by atoms with E-state index >= 15 is 0 Å². The van der Waals surface area contributed by atoms with Crippen molar-refractivity contribution in [1.82, 2.24) is 21.3 Å². The van der Waals surface area contributed by atoms with Crippen LogP contribution >= 0.6 is 15.6 Å². The molecule has 105 heavy (non-hydrogen) atoms. The van der Waals surface area contributed by atoms with Gasteiger partial charge in [-0.15, -0.1) is 0 Å². The minimum Gasteiger partial charge on any atom is -0.756 e. The summed E-state index contributed by atoms with van der Waals surface area (Å²) >= 11 is 0. The van der Waals surface area contributed by atoms with Gasteiger partial charge in [0.1, 0.15) is 12.2 Å². The standard InChI is InChI=1S/C81H160N4O16P2.2Na/c1-7-13-19-25-31-37-39-43-49-55-61-77(86)84-73(75(59-53-47-41-33-27-21-15-9-3)99-79(88)63-57-51-45-35-29-23-17-11-5)65-69-95-102(92,93)96-71-67-82-81(90)83-68-72-98-103(94,101-91)97-70-66-74(85-78(87)62-56-50-44-40-38-32-26-20-14-8-2)76(60-54-48-42-34-28-22-16-10-4)100-80(89)64-58-52-46-36-30-24-18-12-6;;/h73-76,91H,7-72H2,1-6H3,(H,84,86)(H,85,87)(H,92,93)(H2,82,83,90);;/q;2*+1/p-2. The van der Waals surface area contributed by atoms with E-state index in [1.165, 1.54) is 180 Å². The average Bonchev–Trinajstić information content (AvgIpc) is 0.888. The second-order valence-corrected chi connectivity index (χ2v) is 32.3. The van der Waals surface area contributed by atoms with Crippen LogP contribution in [-0.4, -0.2) is 93.6 Å². The predicted molar refractivity (Wildman–Crippen MR) is 416 cm³/mol. The van der Waals surface area contributed by atoms with E-state index in [4.69, 9.17) is 27.6 Å². The number of nitrogens with one attached hydrogen (secondary N) is 4. The Morgan fingerprint density at radius 2 is 0.552 bits per heavy atom. The van der Waals surface area contributed by atoms with Gasteiger partial charge in [0.05, 0.1) is 38.5 Å². The van der Waals surface area contributed by atoms with E-state index in [1.807, 2.05) is 0 Å². The monoisotopic (exact) mass is 1550 g/mol. The molecule has 4 amide bonds. The van der Waals surface area contributed by atoms with Crippen LogP contribution in [0.4, 0.5) is 4.79 Å². The zero-order valence-electron chi connectivity index (χ0n) is 68.9. The van der Waals surface area contributed by atoms with Crippen LogP contribution in [0.1, 0.15) is 427 Å². The van der Waals surface area contributed by atoms with Crippen LogP contribution in [-0.2, 0) is 60.6 Å². The molecule has 0 saturated heterocycles. The van der Waals surface area contributed by atoms with Gasteiger partial charge in [0.25, 0.3) is 7.82 Å². The second kappa shape index (κ2) is 81.3. The van der Waals surface area contributed by atoms with Gasteiger partial charge in [0, 0.05) is 38.8 Å². The number of phosphoric ester groups is 2. The molecule has 6 atom stereocenters. The van der Waals surface area contributed by atoms with E-state index in [1.54, 1.807) is 0 Å². The number of carbonyl (C=O) groups excluding carboxylic acids is 5. The van der Waals surface area contributed by atoms with Crippen molar-refractivity contribution in [3.63, 3.8) is 0 Å². The van der Waals surface area contributed by atoms with Crippen LogP contribution < -0.4 is 90.5 Å². The molecular weight excluding hydrogens is 1390 g/mol. The van der Waals surface area contributed by atoms with Gasteiger partial charge in [0.15, 0.2) is 0 Å². The summed E-state index contributed by atoms with van der Waals surface area (Å²) in [6, 6.07) is -2.17. The van der Waals surface area contributed by atoms with Gasteiger partial charge in [-0.25, -0.2) is 9.36 Å². The number of rotatable bonds is 81. The van der Waals surface area contributed by atoms with Crippen molar-refractivity contribution in [2.24, 2.45) is 0 Å². The molecule has 0 aromatic carbocycles. The third-order valence-electron chi connectivity index (χ3n) is 19.5. The summed E-state index contributed by atoms with van der Waals surface area (Å²) in [5.41, 5.74) is 0. The first-order chi connectivity index (χ1) is 50.1. The number of unbranched alkanes of at least 4 members (excludes halogenated alkanes) is 46. The number of ether oxygens (including phenoxy) is 2. The first kappa shape index (κ1) is 108. The van der Waals surface area contributed by atoms with E-state index in [0.29, 0.717) is 44.9 Å². The largest absolute Gasteiger partial charge is 1.00 e. The molecule has 0 aromatic rings. The Hall–Kier alpha value is -0.670. The maximum Gasteiger partial charge on any atom is 1.00 e. The molecule has 0 saturated carbocycles. The maximum absolute atomic E-state index is 13.7. The molecule has 0 heterocycles. The summed E-state index contributed by atoms with van der Waals surface area (Å²) in [5, 5.41) is 23.1. The van der Waals surface area contributed by atoms with Crippen LogP contribution in [0.3, 0.4) is 0 Å². The molecule has 0 rings (SSSR count). The molecule has 0 aliphatic carbocycles. The number of esters is 2. The molecule has 0 aliphatic rings. The number of hydrogen-bond donors (Lipinski definition) is 4. The van der Waals surface area contributed by atoms with Crippen molar-refractivity contribution >= 4 is 45.4 Å². The second-order valence-electron chi connectivity index (χ2n) is 29.3. The van der Waals surface area contributed by atoms with Gasteiger partial charge in [-0.05, 0) is 64.2 Å². The molecule has 6 unspecified atom stereocenters. The number of amides is 4. The minimum atomic E-state index is -4.93. The molecule has 0 radical (unpaired) electrons. The van der Waals surface area contributed by atoms with Gasteiger partial charge in [0.2, 0.25) is 11.8 Å². The van der Waals surface area contributed by atoms with Crippen LogP contribution in [0.2, 0.25) is 0 Å². The van der Waals surface area contributed by atoms with Crippen LogP contribution in [0.25, 0.3) is 0 Å². The molecule has 20 nitrogen and oxygen atoms in total. The third-order valence-corrected chi connectivity index (χ3v) is 21.7. The normalized spacial score (nSPS) is 13.7. The third kappa shape index (κ3) is 73.3. The quantitative estimate of drug-likeness (QED) is 0.0110. The van der Waals surface area contributed by atoms with E-state index in [2.05, 4.69) is 67.5 Å². The number of urea groups is 1. The van der Waals surface area contributed by atoms with Crippen molar-refractivity contribution in [3.8, 4) is 0 Å². The zero-order valence-corrected chi connectivity index (χ0v) is 74.7. The Morgan fingerprint density at radius 3 is 0.848 bits per heavy atom.